The number of rotatable bonds is 8. The average molecular weight is 290 g/mol. The number of halogens is 2. The summed E-state index contributed by atoms with van der Waals surface area (Å²) in [6.45, 7) is 0.338. The van der Waals surface area contributed by atoms with Crippen LogP contribution in [0.1, 0.15) is 17.5 Å². The van der Waals surface area contributed by atoms with Gasteiger partial charge in [0.2, 0.25) is 0 Å². The molecule has 1 heterocycles. The zero-order chi connectivity index (χ0) is 14.9. The molecule has 0 bridgehead atoms. The van der Waals surface area contributed by atoms with E-state index in [-0.39, 0.29) is 11.9 Å². The van der Waals surface area contributed by atoms with Gasteiger partial charge in [-0.15, -0.1) is 0 Å². The minimum absolute atomic E-state index is 0.215. The molecule has 0 aliphatic rings. The molecule has 1 aromatic carbocycles. The number of pyridine rings is 1. The molecule has 0 saturated heterocycles. The molecule has 112 valence electrons. The molecule has 2 aromatic rings. The molecule has 1 atom stereocenters. The highest BCUT2D eigenvalue weighted by molar-refractivity contribution is 5.17. The van der Waals surface area contributed by atoms with E-state index in [1.54, 1.807) is 24.5 Å². The summed E-state index contributed by atoms with van der Waals surface area (Å²) in [4.78, 5) is 3.98. The molecular formula is C17H20F2N2. The Balaban J connectivity index is 1.71. The Morgan fingerprint density at radius 1 is 1.00 bits per heavy atom. The molecule has 0 spiro atoms. The minimum atomic E-state index is -0.424. The van der Waals surface area contributed by atoms with E-state index >= 15 is 0 Å². The summed E-state index contributed by atoms with van der Waals surface area (Å²) >= 11 is 0. The van der Waals surface area contributed by atoms with Crippen molar-refractivity contribution in [1.82, 2.24) is 10.3 Å². The van der Waals surface area contributed by atoms with Crippen LogP contribution in [-0.4, -0.2) is 24.2 Å². The number of hydrogen-bond donors (Lipinski definition) is 1. The molecule has 1 unspecified atom stereocenters. The number of hydrogen-bond acceptors (Lipinski definition) is 2. The van der Waals surface area contributed by atoms with Gasteiger partial charge < -0.3 is 5.32 Å². The fraction of sp³-hybridized carbons (Fsp3) is 0.353. The lowest BCUT2D eigenvalue weighted by atomic mass is 10.1. The van der Waals surface area contributed by atoms with E-state index in [9.17, 15) is 8.78 Å². The van der Waals surface area contributed by atoms with Crippen molar-refractivity contribution in [2.24, 2.45) is 0 Å². The van der Waals surface area contributed by atoms with Crippen molar-refractivity contribution in [2.75, 3.05) is 13.2 Å². The first-order chi connectivity index (χ1) is 10.3. The van der Waals surface area contributed by atoms with Crippen molar-refractivity contribution in [3.8, 4) is 0 Å². The van der Waals surface area contributed by atoms with E-state index in [0.29, 0.717) is 6.42 Å². The number of nitrogens with zero attached hydrogens (tertiary/aromatic N) is 1. The van der Waals surface area contributed by atoms with Gasteiger partial charge >= 0.3 is 0 Å². The molecule has 0 saturated carbocycles. The lowest BCUT2D eigenvalue weighted by Gasteiger charge is -2.15. The van der Waals surface area contributed by atoms with E-state index < -0.39 is 6.67 Å². The van der Waals surface area contributed by atoms with Gasteiger partial charge in [-0.3, -0.25) is 4.98 Å². The standard InChI is InChI=1S/C17H20F2N2/c18-13-17(12-15-3-5-16(19)6-4-15)21-9-1-2-14-7-10-20-11-8-14/h3-8,10-11,17,21H,1-2,9,12-13H2. The third-order valence-corrected chi connectivity index (χ3v) is 3.41. The molecule has 0 aliphatic heterocycles. The maximum absolute atomic E-state index is 13.0. The minimum Gasteiger partial charge on any atom is -0.311 e. The second-order valence-corrected chi connectivity index (χ2v) is 5.09. The van der Waals surface area contributed by atoms with Crippen LogP contribution in [0.25, 0.3) is 0 Å². The third kappa shape index (κ3) is 5.60. The summed E-state index contributed by atoms with van der Waals surface area (Å²) in [5, 5.41) is 3.22. The normalized spacial score (nSPS) is 12.3. The Morgan fingerprint density at radius 3 is 2.38 bits per heavy atom. The van der Waals surface area contributed by atoms with E-state index in [0.717, 1.165) is 24.9 Å². The van der Waals surface area contributed by atoms with Crippen molar-refractivity contribution >= 4 is 0 Å². The lowest BCUT2D eigenvalue weighted by molar-refractivity contribution is 0.371. The van der Waals surface area contributed by atoms with Gasteiger partial charge in [0.25, 0.3) is 0 Å². The van der Waals surface area contributed by atoms with Crippen molar-refractivity contribution in [1.29, 1.82) is 0 Å². The summed E-state index contributed by atoms with van der Waals surface area (Å²) in [6.07, 6.45) is 6.03. The van der Waals surface area contributed by atoms with Crippen LogP contribution in [0.15, 0.2) is 48.8 Å². The van der Waals surface area contributed by atoms with Gasteiger partial charge in [-0.05, 0) is 61.2 Å². The lowest BCUT2D eigenvalue weighted by Crippen LogP contribution is -2.34. The summed E-state index contributed by atoms with van der Waals surface area (Å²) in [5.74, 6) is -0.263. The summed E-state index contributed by atoms with van der Waals surface area (Å²) < 4.78 is 25.8. The van der Waals surface area contributed by atoms with E-state index in [4.69, 9.17) is 0 Å². The molecule has 2 nitrogen and oxygen atoms in total. The quantitative estimate of drug-likeness (QED) is 0.754. The van der Waals surface area contributed by atoms with Crippen LogP contribution in [0.2, 0.25) is 0 Å². The summed E-state index contributed by atoms with van der Waals surface area (Å²) in [6, 6.07) is 10.00. The predicted molar refractivity (Wildman–Crippen MR) is 80.4 cm³/mol. The maximum Gasteiger partial charge on any atom is 0.123 e. The molecule has 0 aliphatic carbocycles. The monoisotopic (exact) mass is 290 g/mol. The topological polar surface area (TPSA) is 24.9 Å². The number of aryl methyl sites for hydroxylation is 1. The van der Waals surface area contributed by atoms with Gasteiger partial charge in [0.05, 0.1) is 0 Å². The molecule has 0 radical (unpaired) electrons. The van der Waals surface area contributed by atoms with Crippen LogP contribution in [0.5, 0.6) is 0 Å². The van der Waals surface area contributed by atoms with Crippen LogP contribution in [0.4, 0.5) is 8.78 Å². The van der Waals surface area contributed by atoms with Gasteiger partial charge in [0.1, 0.15) is 12.5 Å². The van der Waals surface area contributed by atoms with Crippen LogP contribution in [0.3, 0.4) is 0 Å². The molecule has 2 rings (SSSR count). The second kappa shape index (κ2) is 8.47. The number of benzene rings is 1. The number of nitrogens with one attached hydrogen (secondary N) is 1. The van der Waals surface area contributed by atoms with Gasteiger partial charge in [-0.25, -0.2) is 8.78 Å². The smallest absolute Gasteiger partial charge is 0.123 e. The second-order valence-electron chi connectivity index (χ2n) is 5.09. The molecule has 0 amide bonds. The highest BCUT2D eigenvalue weighted by Crippen LogP contribution is 2.07. The summed E-state index contributed by atoms with van der Waals surface area (Å²) in [7, 11) is 0. The first-order valence-electron chi connectivity index (χ1n) is 7.20. The number of aromatic nitrogens is 1. The highest BCUT2D eigenvalue weighted by Gasteiger charge is 2.08. The molecular weight excluding hydrogens is 270 g/mol. The fourth-order valence-electron chi connectivity index (χ4n) is 2.23. The Labute approximate surface area is 124 Å². The molecule has 1 aromatic heterocycles. The maximum atomic E-state index is 13.0. The van der Waals surface area contributed by atoms with Gasteiger partial charge in [0.15, 0.2) is 0 Å². The molecule has 0 fully saturated rings. The van der Waals surface area contributed by atoms with Crippen molar-refractivity contribution in [3.05, 3.63) is 65.7 Å². The van der Waals surface area contributed by atoms with E-state index in [1.165, 1.54) is 17.7 Å². The van der Waals surface area contributed by atoms with Crippen molar-refractivity contribution < 1.29 is 8.78 Å². The predicted octanol–water partition coefficient (Wildman–Crippen LogP) is 3.32. The first-order valence-corrected chi connectivity index (χ1v) is 7.20. The van der Waals surface area contributed by atoms with Crippen LogP contribution < -0.4 is 5.32 Å². The van der Waals surface area contributed by atoms with Crippen molar-refractivity contribution in [3.63, 3.8) is 0 Å². The van der Waals surface area contributed by atoms with Crippen LogP contribution in [0, 0.1) is 5.82 Å². The third-order valence-electron chi connectivity index (χ3n) is 3.41. The first kappa shape index (κ1) is 15.6. The number of alkyl halides is 1. The van der Waals surface area contributed by atoms with Crippen LogP contribution >= 0.6 is 0 Å². The van der Waals surface area contributed by atoms with Crippen molar-refractivity contribution in [2.45, 2.75) is 25.3 Å². The van der Waals surface area contributed by atoms with E-state index in [1.807, 2.05) is 12.1 Å². The van der Waals surface area contributed by atoms with Gasteiger partial charge in [-0.2, -0.15) is 0 Å². The largest absolute Gasteiger partial charge is 0.311 e. The Hall–Kier alpha value is -1.81. The average Bonchev–Trinajstić information content (AvgIpc) is 2.53. The fourth-order valence-corrected chi connectivity index (χ4v) is 2.23. The summed E-state index contributed by atoms with van der Waals surface area (Å²) in [5.41, 5.74) is 2.18. The van der Waals surface area contributed by atoms with Crippen LogP contribution in [-0.2, 0) is 12.8 Å². The van der Waals surface area contributed by atoms with E-state index in [2.05, 4.69) is 10.3 Å². The zero-order valence-corrected chi connectivity index (χ0v) is 11.9. The molecule has 21 heavy (non-hydrogen) atoms. The zero-order valence-electron chi connectivity index (χ0n) is 11.9. The Bertz CT molecular complexity index is 514. The Morgan fingerprint density at radius 2 is 1.71 bits per heavy atom. The Kier molecular flexibility index (Phi) is 6.28. The highest BCUT2D eigenvalue weighted by atomic mass is 19.1. The SMILES string of the molecule is FCC(Cc1ccc(F)cc1)NCCCc1ccncc1. The van der Waals surface area contributed by atoms with Gasteiger partial charge in [0, 0.05) is 18.4 Å². The molecule has 4 heteroatoms. The van der Waals surface area contributed by atoms with Gasteiger partial charge in [-0.1, -0.05) is 12.1 Å². The molecule has 1 N–H and O–H groups in total.